The fraction of sp³-hybridized carbons (Fsp3) is 0.483. The number of alkyl halides is 3. The van der Waals surface area contributed by atoms with E-state index in [0.717, 1.165) is 45.1 Å². The molecule has 0 spiro atoms. The van der Waals surface area contributed by atoms with Gasteiger partial charge in [0, 0.05) is 54.6 Å². The highest BCUT2D eigenvalue weighted by atomic mass is 19.4. The third kappa shape index (κ3) is 5.76. The smallest absolute Gasteiger partial charge is 0.406 e. The van der Waals surface area contributed by atoms with Crippen molar-refractivity contribution in [3.63, 3.8) is 0 Å². The Morgan fingerprint density at radius 3 is 2.46 bits per heavy atom. The van der Waals surface area contributed by atoms with Crippen molar-refractivity contribution in [1.29, 1.82) is 0 Å². The van der Waals surface area contributed by atoms with E-state index in [9.17, 15) is 27.9 Å². The maximum atomic E-state index is 14.2. The topological polar surface area (TPSA) is 104 Å². The molecule has 3 fully saturated rings. The number of aromatic nitrogens is 3. The number of likely N-dealkylation sites (tertiary alicyclic amines) is 2. The van der Waals surface area contributed by atoms with Crippen molar-refractivity contribution < 1.29 is 27.8 Å². The van der Waals surface area contributed by atoms with Gasteiger partial charge < -0.3 is 24.3 Å². The number of carbonyl (C=O) groups is 1. The van der Waals surface area contributed by atoms with Crippen LogP contribution in [0.15, 0.2) is 47.4 Å². The Labute approximate surface area is 234 Å². The number of aliphatic hydroxyl groups is 1. The first-order valence-electron chi connectivity index (χ1n) is 14.0. The zero-order valence-corrected chi connectivity index (χ0v) is 22.4. The summed E-state index contributed by atoms with van der Waals surface area (Å²) in [6.07, 6.45) is 1.91. The van der Waals surface area contributed by atoms with E-state index in [4.69, 9.17) is 4.98 Å². The van der Waals surface area contributed by atoms with Gasteiger partial charge in [-0.2, -0.15) is 0 Å². The zero-order chi connectivity index (χ0) is 28.7. The van der Waals surface area contributed by atoms with E-state index >= 15 is 0 Å². The van der Waals surface area contributed by atoms with E-state index < -0.39 is 6.36 Å². The molecule has 2 N–H and O–H groups in total. The fourth-order valence-electron chi connectivity index (χ4n) is 6.21. The van der Waals surface area contributed by atoms with Crippen LogP contribution >= 0.6 is 0 Å². The highest BCUT2D eigenvalue weighted by molar-refractivity contribution is 5.99. The number of aromatic amines is 1. The van der Waals surface area contributed by atoms with E-state index in [1.807, 2.05) is 9.47 Å². The first-order chi connectivity index (χ1) is 19.7. The summed E-state index contributed by atoms with van der Waals surface area (Å²) in [5, 5.41) is 9.77. The number of amides is 1. The van der Waals surface area contributed by atoms with Crippen LogP contribution in [0, 0.1) is 0 Å². The first-order valence-corrected chi connectivity index (χ1v) is 14.0. The van der Waals surface area contributed by atoms with Gasteiger partial charge in [0.2, 0.25) is 5.56 Å². The van der Waals surface area contributed by atoms with Crippen LogP contribution in [-0.2, 0) is 0 Å². The summed E-state index contributed by atoms with van der Waals surface area (Å²) >= 11 is 0. The number of imidazole rings is 1. The van der Waals surface area contributed by atoms with Crippen molar-refractivity contribution in [3.8, 4) is 28.4 Å². The number of carbonyl (C=O) groups excluding carboxylic acids is 1. The van der Waals surface area contributed by atoms with Gasteiger partial charge in [0.1, 0.15) is 23.0 Å². The zero-order valence-electron chi connectivity index (χ0n) is 22.4. The van der Waals surface area contributed by atoms with Gasteiger partial charge in [-0.3, -0.25) is 14.5 Å². The van der Waals surface area contributed by atoms with Gasteiger partial charge in [0.15, 0.2) is 0 Å². The monoisotopic (exact) mass is 571 g/mol. The molecule has 0 bridgehead atoms. The van der Waals surface area contributed by atoms with E-state index in [1.165, 1.54) is 30.5 Å². The van der Waals surface area contributed by atoms with Gasteiger partial charge in [0.05, 0.1) is 6.61 Å². The number of aliphatic hydroxyl groups excluding tert-OH is 1. The molecule has 1 aromatic carbocycles. The molecular weight excluding hydrogens is 539 g/mol. The van der Waals surface area contributed by atoms with Crippen molar-refractivity contribution >= 4 is 5.91 Å². The van der Waals surface area contributed by atoms with Gasteiger partial charge in [0.25, 0.3) is 5.91 Å². The first kappa shape index (κ1) is 27.5. The normalized spacial score (nSPS) is 20.5. The van der Waals surface area contributed by atoms with Crippen molar-refractivity contribution in [2.45, 2.75) is 63.0 Å². The number of H-pyrrole nitrogens is 1. The lowest BCUT2D eigenvalue weighted by Crippen LogP contribution is -2.49. The number of nitrogens with one attached hydrogen (secondary N) is 1. The van der Waals surface area contributed by atoms with E-state index in [1.54, 1.807) is 12.1 Å². The lowest BCUT2D eigenvalue weighted by molar-refractivity contribution is -0.274. The standard InChI is InChI=1S/C29H32F3N5O4/c30-29(31,32)41-23-5-1-3-18(15-23)27-34-25(19-6-9-24(39)33-16-19)26(37(27)21-7-8-21)28(40)35-13-10-20(11-14-35)36-12-2-4-22(36)17-38/h1,3,5-6,9,15-16,20-22,38H,2,4,7-8,10-14,17H2,(H,33,39)/t22-/m0/s1. The number of ether oxygens (including phenoxy) is 1. The molecule has 0 unspecified atom stereocenters. The molecule has 3 aliphatic rings. The fourth-order valence-corrected chi connectivity index (χ4v) is 6.21. The average molecular weight is 572 g/mol. The molecule has 1 amide bonds. The minimum atomic E-state index is -4.84. The lowest BCUT2D eigenvalue weighted by Gasteiger charge is -2.39. The molecule has 2 aliphatic heterocycles. The molecule has 9 nitrogen and oxygen atoms in total. The van der Waals surface area contributed by atoms with Crippen LogP contribution in [0.25, 0.3) is 22.6 Å². The molecule has 41 heavy (non-hydrogen) atoms. The van der Waals surface area contributed by atoms with Gasteiger partial charge >= 0.3 is 6.36 Å². The number of piperidine rings is 1. The van der Waals surface area contributed by atoms with E-state index in [0.29, 0.717) is 47.5 Å². The molecule has 12 heteroatoms. The summed E-state index contributed by atoms with van der Waals surface area (Å²) in [7, 11) is 0. The third-order valence-corrected chi connectivity index (χ3v) is 8.26. The minimum absolute atomic E-state index is 0.0207. The molecule has 218 valence electrons. The van der Waals surface area contributed by atoms with Crippen LogP contribution in [0.2, 0.25) is 0 Å². The number of hydrogen-bond donors (Lipinski definition) is 2. The predicted molar refractivity (Wildman–Crippen MR) is 144 cm³/mol. The van der Waals surface area contributed by atoms with Crippen LogP contribution in [-0.4, -0.2) is 80.0 Å². The molecule has 6 rings (SSSR count). The second kappa shape index (κ2) is 11.0. The molecule has 0 radical (unpaired) electrons. The summed E-state index contributed by atoms with van der Waals surface area (Å²) in [5.74, 6) is -0.190. The van der Waals surface area contributed by atoms with Gasteiger partial charge in [-0.15, -0.1) is 13.2 Å². The quantitative estimate of drug-likeness (QED) is 0.441. The summed E-state index contributed by atoms with van der Waals surface area (Å²) in [6, 6.07) is 9.02. The Hall–Kier alpha value is -3.64. The maximum absolute atomic E-state index is 14.2. The van der Waals surface area contributed by atoms with Crippen molar-refractivity contribution in [2.75, 3.05) is 26.2 Å². The third-order valence-electron chi connectivity index (χ3n) is 8.26. The molecule has 4 heterocycles. The molecule has 1 atom stereocenters. The number of hydrogen-bond acceptors (Lipinski definition) is 6. The highest BCUT2D eigenvalue weighted by Gasteiger charge is 2.39. The Morgan fingerprint density at radius 1 is 1.02 bits per heavy atom. The van der Waals surface area contributed by atoms with Gasteiger partial charge in [-0.1, -0.05) is 12.1 Å². The SMILES string of the molecule is O=C(c1c(-c2ccc(=O)[nH]c2)nc(-c2cccc(OC(F)(F)F)c2)n1C1CC1)N1CCC(N2CCC[C@H]2CO)CC1. The number of halogens is 3. The number of nitrogens with zero attached hydrogens (tertiary/aromatic N) is 4. The lowest BCUT2D eigenvalue weighted by atomic mass is 10.0. The van der Waals surface area contributed by atoms with Crippen LogP contribution in [0.1, 0.15) is 55.1 Å². The number of rotatable bonds is 7. The summed E-state index contributed by atoms with van der Waals surface area (Å²) < 4.78 is 44.9. The molecule has 2 saturated heterocycles. The Bertz CT molecular complexity index is 1450. The van der Waals surface area contributed by atoms with Crippen molar-refractivity contribution in [1.82, 2.24) is 24.3 Å². The highest BCUT2D eigenvalue weighted by Crippen LogP contribution is 2.43. The minimum Gasteiger partial charge on any atom is -0.406 e. The maximum Gasteiger partial charge on any atom is 0.573 e. The Kier molecular flexibility index (Phi) is 7.37. The largest absolute Gasteiger partial charge is 0.573 e. The Balaban J connectivity index is 1.37. The van der Waals surface area contributed by atoms with Crippen LogP contribution in [0.5, 0.6) is 5.75 Å². The van der Waals surface area contributed by atoms with Gasteiger partial charge in [-0.05, 0) is 63.3 Å². The van der Waals surface area contributed by atoms with Crippen LogP contribution < -0.4 is 10.3 Å². The van der Waals surface area contributed by atoms with Crippen LogP contribution in [0.3, 0.4) is 0 Å². The number of benzene rings is 1. The molecular formula is C29H32F3N5O4. The molecule has 2 aromatic heterocycles. The van der Waals surface area contributed by atoms with Gasteiger partial charge in [-0.25, -0.2) is 4.98 Å². The Morgan fingerprint density at radius 2 is 1.80 bits per heavy atom. The summed E-state index contributed by atoms with van der Waals surface area (Å²) in [6.45, 7) is 2.18. The average Bonchev–Trinajstić information content (AvgIpc) is 3.54. The molecule has 3 aromatic rings. The molecule has 1 saturated carbocycles. The predicted octanol–water partition coefficient (Wildman–Crippen LogP) is 4.20. The second-order valence-electron chi connectivity index (χ2n) is 11.0. The van der Waals surface area contributed by atoms with Crippen molar-refractivity contribution in [2.24, 2.45) is 0 Å². The summed E-state index contributed by atoms with van der Waals surface area (Å²) in [5.41, 5.74) is 1.37. The van der Waals surface area contributed by atoms with Crippen LogP contribution in [0.4, 0.5) is 13.2 Å². The summed E-state index contributed by atoms with van der Waals surface area (Å²) in [4.78, 5) is 37.7. The van der Waals surface area contributed by atoms with E-state index in [-0.39, 0.29) is 35.9 Å². The van der Waals surface area contributed by atoms with Crippen molar-refractivity contribution in [3.05, 3.63) is 58.6 Å². The molecule has 1 aliphatic carbocycles. The van der Waals surface area contributed by atoms with E-state index in [2.05, 4.69) is 14.6 Å². The second-order valence-corrected chi connectivity index (χ2v) is 11.0. The number of pyridine rings is 1.